The minimum atomic E-state index is -0.210. The van der Waals surface area contributed by atoms with E-state index in [9.17, 15) is 4.39 Å². The molecule has 0 aliphatic carbocycles. The summed E-state index contributed by atoms with van der Waals surface area (Å²) in [5.74, 6) is 5.38. The van der Waals surface area contributed by atoms with Gasteiger partial charge in [0.05, 0.1) is 6.04 Å². The Kier molecular flexibility index (Phi) is 3.89. The second kappa shape index (κ2) is 5.40. The molecule has 0 amide bonds. The Morgan fingerprint density at radius 2 is 2.00 bits per heavy atom. The van der Waals surface area contributed by atoms with Crippen LogP contribution >= 0.6 is 11.3 Å². The van der Waals surface area contributed by atoms with E-state index in [1.165, 1.54) is 22.6 Å². The molecule has 17 heavy (non-hydrogen) atoms. The van der Waals surface area contributed by atoms with Crippen molar-refractivity contribution in [3.63, 3.8) is 0 Å². The molecular formula is C13H15FN2S. The van der Waals surface area contributed by atoms with E-state index in [1.807, 2.05) is 0 Å². The summed E-state index contributed by atoms with van der Waals surface area (Å²) in [6.45, 7) is 2.08. The Morgan fingerprint density at radius 1 is 1.29 bits per heavy atom. The quantitative estimate of drug-likeness (QED) is 0.647. The molecule has 90 valence electrons. The van der Waals surface area contributed by atoms with Crippen molar-refractivity contribution in [1.82, 2.24) is 5.43 Å². The number of halogens is 1. The molecule has 0 saturated carbocycles. The van der Waals surface area contributed by atoms with Gasteiger partial charge >= 0.3 is 0 Å². The van der Waals surface area contributed by atoms with Crippen LogP contribution in [0.3, 0.4) is 0 Å². The molecule has 2 rings (SSSR count). The highest BCUT2D eigenvalue weighted by Gasteiger charge is 2.13. The molecule has 0 bridgehead atoms. The van der Waals surface area contributed by atoms with Gasteiger partial charge in [0.1, 0.15) is 5.82 Å². The summed E-state index contributed by atoms with van der Waals surface area (Å²) in [6, 6.07) is 8.69. The van der Waals surface area contributed by atoms with Crippen LogP contribution in [0.2, 0.25) is 0 Å². The van der Waals surface area contributed by atoms with Gasteiger partial charge in [-0.05, 0) is 48.1 Å². The van der Waals surface area contributed by atoms with Gasteiger partial charge < -0.3 is 0 Å². The number of thiophene rings is 1. The fourth-order valence-corrected chi connectivity index (χ4v) is 2.64. The lowest BCUT2D eigenvalue weighted by Gasteiger charge is -2.16. The Labute approximate surface area is 104 Å². The van der Waals surface area contributed by atoms with E-state index in [2.05, 4.69) is 23.8 Å². The molecule has 0 fully saturated rings. The average Bonchev–Trinajstić information content (AvgIpc) is 2.75. The highest BCUT2D eigenvalue weighted by molar-refractivity contribution is 7.10. The molecule has 0 saturated heterocycles. The maximum atomic E-state index is 12.8. The molecular weight excluding hydrogens is 235 g/mol. The summed E-state index contributed by atoms with van der Waals surface area (Å²) in [4.78, 5) is 1.26. The number of nitrogens with one attached hydrogen (secondary N) is 1. The zero-order valence-electron chi connectivity index (χ0n) is 9.61. The van der Waals surface area contributed by atoms with E-state index in [1.54, 1.807) is 23.5 Å². The maximum Gasteiger partial charge on any atom is 0.123 e. The molecule has 1 atom stereocenters. The SMILES string of the molecule is Cc1sccc1C(Cc1ccc(F)cc1)NN. The first-order valence-electron chi connectivity index (χ1n) is 5.45. The fourth-order valence-electron chi connectivity index (χ4n) is 1.87. The summed E-state index contributed by atoms with van der Waals surface area (Å²) < 4.78 is 12.8. The smallest absolute Gasteiger partial charge is 0.123 e. The molecule has 0 aliphatic heterocycles. The van der Waals surface area contributed by atoms with Gasteiger partial charge in [0.2, 0.25) is 0 Å². The van der Waals surface area contributed by atoms with Crippen LogP contribution in [-0.4, -0.2) is 0 Å². The Hall–Kier alpha value is -1.23. The van der Waals surface area contributed by atoms with Crippen LogP contribution in [-0.2, 0) is 6.42 Å². The molecule has 2 aromatic rings. The van der Waals surface area contributed by atoms with Crippen LogP contribution in [0.1, 0.15) is 22.0 Å². The third-order valence-corrected chi connectivity index (χ3v) is 3.69. The summed E-state index contributed by atoms with van der Waals surface area (Å²) in [7, 11) is 0. The van der Waals surface area contributed by atoms with Crippen molar-refractivity contribution in [2.24, 2.45) is 5.84 Å². The van der Waals surface area contributed by atoms with Gasteiger partial charge in [0, 0.05) is 4.88 Å². The van der Waals surface area contributed by atoms with Crippen molar-refractivity contribution in [2.75, 3.05) is 0 Å². The second-order valence-electron chi connectivity index (χ2n) is 3.98. The van der Waals surface area contributed by atoms with Crippen molar-refractivity contribution >= 4 is 11.3 Å². The first kappa shape index (κ1) is 12.2. The Bertz CT molecular complexity index is 478. The van der Waals surface area contributed by atoms with Gasteiger partial charge in [-0.25, -0.2) is 4.39 Å². The Morgan fingerprint density at radius 3 is 2.53 bits per heavy atom. The van der Waals surface area contributed by atoms with Gasteiger partial charge in [0.15, 0.2) is 0 Å². The second-order valence-corrected chi connectivity index (χ2v) is 5.10. The summed E-state index contributed by atoms with van der Waals surface area (Å²) >= 11 is 1.71. The van der Waals surface area contributed by atoms with Gasteiger partial charge in [0.25, 0.3) is 0 Å². The first-order chi connectivity index (χ1) is 8.20. The average molecular weight is 250 g/mol. The third kappa shape index (κ3) is 2.91. The topological polar surface area (TPSA) is 38.0 Å². The van der Waals surface area contributed by atoms with E-state index in [0.717, 1.165) is 12.0 Å². The van der Waals surface area contributed by atoms with Crippen molar-refractivity contribution in [2.45, 2.75) is 19.4 Å². The molecule has 4 heteroatoms. The maximum absolute atomic E-state index is 12.8. The zero-order valence-corrected chi connectivity index (χ0v) is 10.4. The lowest BCUT2D eigenvalue weighted by molar-refractivity contribution is 0.550. The lowest BCUT2D eigenvalue weighted by Crippen LogP contribution is -2.29. The molecule has 3 N–H and O–H groups in total. The summed E-state index contributed by atoms with van der Waals surface area (Å²) in [5.41, 5.74) is 5.10. The first-order valence-corrected chi connectivity index (χ1v) is 6.33. The lowest BCUT2D eigenvalue weighted by atomic mass is 10.0. The molecule has 1 unspecified atom stereocenters. The van der Waals surface area contributed by atoms with Crippen molar-refractivity contribution in [3.8, 4) is 0 Å². The van der Waals surface area contributed by atoms with Crippen LogP contribution in [0, 0.1) is 12.7 Å². The van der Waals surface area contributed by atoms with Crippen LogP contribution in [0.25, 0.3) is 0 Å². The molecule has 1 aromatic carbocycles. The van der Waals surface area contributed by atoms with E-state index in [0.29, 0.717) is 0 Å². The number of aryl methyl sites for hydroxylation is 1. The molecule has 1 aromatic heterocycles. The zero-order chi connectivity index (χ0) is 12.3. The number of hydrogen-bond donors (Lipinski definition) is 2. The van der Waals surface area contributed by atoms with Crippen LogP contribution in [0.5, 0.6) is 0 Å². The largest absolute Gasteiger partial charge is 0.271 e. The molecule has 0 spiro atoms. The van der Waals surface area contributed by atoms with E-state index in [4.69, 9.17) is 5.84 Å². The Balaban J connectivity index is 2.16. The van der Waals surface area contributed by atoms with Crippen LogP contribution < -0.4 is 11.3 Å². The highest BCUT2D eigenvalue weighted by atomic mass is 32.1. The number of hydrazine groups is 1. The summed E-state index contributed by atoms with van der Waals surface area (Å²) in [6.07, 6.45) is 0.758. The highest BCUT2D eigenvalue weighted by Crippen LogP contribution is 2.25. The number of hydrogen-bond acceptors (Lipinski definition) is 3. The van der Waals surface area contributed by atoms with E-state index < -0.39 is 0 Å². The monoisotopic (exact) mass is 250 g/mol. The van der Waals surface area contributed by atoms with Crippen molar-refractivity contribution in [1.29, 1.82) is 0 Å². The van der Waals surface area contributed by atoms with E-state index >= 15 is 0 Å². The normalized spacial score (nSPS) is 12.6. The molecule has 2 nitrogen and oxygen atoms in total. The van der Waals surface area contributed by atoms with E-state index in [-0.39, 0.29) is 11.9 Å². The predicted octanol–water partition coefficient (Wildman–Crippen LogP) is 2.94. The third-order valence-electron chi connectivity index (χ3n) is 2.83. The standard InChI is InChI=1S/C13H15FN2S/c1-9-12(6-7-17-9)13(16-15)8-10-2-4-11(14)5-3-10/h2-7,13,16H,8,15H2,1H3. The summed E-state index contributed by atoms with van der Waals surface area (Å²) in [5, 5.41) is 2.06. The van der Waals surface area contributed by atoms with Crippen molar-refractivity contribution < 1.29 is 4.39 Å². The molecule has 0 aliphatic rings. The predicted molar refractivity (Wildman–Crippen MR) is 69.2 cm³/mol. The van der Waals surface area contributed by atoms with Gasteiger partial charge in [-0.15, -0.1) is 11.3 Å². The minimum Gasteiger partial charge on any atom is -0.271 e. The van der Waals surface area contributed by atoms with Gasteiger partial charge in [-0.3, -0.25) is 11.3 Å². The molecule has 0 radical (unpaired) electrons. The van der Waals surface area contributed by atoms with Gasteiger partial charge in [-0.1, -0.05) is 12.1 Å². The minimum absolute atomic E-state index is 0.0757. The van der Waals surface area contributed by atoms with Crippen molar-refractivity contribution in [3.05, 3.63) is 57.5 Å². The van der Waals surface area contributed by atoms with Crippen LogP contribution in [0.15, 0.2) is 35.7 Å². The number of rotatable bonds is 4. The number of nitrogens with two attached hydrogens (primary N) is 1. The molecule has 1 heterocycles. The van der Waals surface area contributed by atoms with Gasteiger partial charge in [-0.2, -0.15) is 0 Å². The number of benzene rings is 1. The van der Waals surface area contributed by atoms with Crippen LogP contribution in [0.4, 0.5) is 4.39 Å². The fraction of sp³-hybridized carbons (Fsp3) is 0.231.